The molecular weight excluding hydrogens is 193 g/mol. The lowest BCUT2D eigenvalue weighted by molar-refractivity contribution is -0.402. The number of hydrogen-bond donors (Lipinski definition) is 0. The first-order valence-corrected chi connectivity index (χ1v) is 3.51. The molecule has 1 aromatic heterocycles. The van der Waals surface area contributed by atoms with Crippen LogP contribution in [0.1, 0.15) is 10.6 Å². The Bertz CT molecular complexity index is 270. The average Bonchev–Trinajstić information content (AvgIpc) is 2.33. The van der Waals surface area contributed by atoms with E-state index in [-0.39, 0.29) is 11.6 Å². The summed E-state index contributed by atoms with van der Waals surface area (Å²) in [6.07, 6.45) is 0. The Morgan fingerprint density at radius 1 is 1.55 bits per heavy atom. The van der Waals surface area contributed by atoms with Crippen molar-refractivity contribution in [3.05, 3.63) is 28.0 Å². The van der Waals surface area contributed by atoms with Gasteiger partial charge >= 0.3 is 5.88 Å². The molecule has 0 aliphatic carbocycles. The van der Waals surface area contributed by atoms with Gasteiger partial charge in [0.05, 0.1) is 6.07 Å². The minimum Gasteiger partial charge on any atom is -0.403 e. The van der Waals surface area contributed by atoms with E-state index in [9.17, 15) is 10.1 Å². The summed E-state index contributed by atoms with van der Waals surface area (Å²) in [6.45, 7) is 0. The number of nitro groups is 1. The maximum Gasteiger partial charge on any atom is 0.433 e. The van der Waals surface area contributed by atoms with Gasteiger partial charge in [0.2, 0.25) is 0 Å². The predicted molar refractivity (Wildman–Crippen MR) is 39.8 cm³/mol. The Labute approximate surface area is 71.9 Å². The molecule has 0 radical (unpaired) electrons. The highest BCUT2D eigenvalue weighted by atomic mass is 35.5. The monoisotopic (exact) mass is 195 g/mol. The van der Waals surface area contributed by atoms with Crippen LogP contribution in [0.5, 0.6) is 0 Å². The first-order chi connectivity index (χ1) is 5.11. The number of furan rings is 1. The third kappa shape index (κ3) is 1.85. The molecule has 0 aromatic carbocycles. The summed E-state index contributed by atoms with van der Waals surface area (Å²) in [5, 5.41) is 10.1. The van der Waals surface area contributed by atoms with Gasteiger partial charge in [-0.1, -0.05) is 23.2 Å². The van der Waals surface area contributed by atoms with Gasteiger partial charge in [-0.25, -0.2) is 0 Å². The second kappa shape index (κ2) is 3.11. The molecule has 0 spiro atoms. The van der Waals surface area contributed by atoms with Gasteiger partial charge in [0.1, 0.15) is 10.7 Å². The third-order valence-corrected chi connectivity index (χ3v) is 1.44. The van der Waals surface area contributed by atoms with Crippen LogP contribution in [0.25, 0.3) is 0 Å². The smallest absolute Gasteiger partial charge is 0.403 e. The van der Waals surface area contributed by atoms with E-state index in [1.165, 1.54) is 12.1 Å². The largest absolute Gasteiger partial charge is 0.433 e. The maximum atomic E-state index is 10.1. The molecule has 1 heterocycles. The summed E-state index contributed by atoms with van der Waals surface area (Å²) >= 11 is 10.7. The van der Waals surface area contributed by atoms with E-state index < -0.39 is 9.76 Å². The van der Waals surface area contributed by atoms with Crippen LogP contribution in [0.15, 0.2) is 16.5 Å². The zero-order chi connectivity index (χ0) is 8.43. The Morgan fingerprint density at radius 2 is 2.18 bits per heavy atom. The molecule has 0 fully saturated rings. The van der Waals surface area contributed by atoms with Gasteiger partial charge in [-0.2, -0.15) is 0 Å². The fourth-order valence-corrected chi connectivity index (χ4v) is 0.792. The van der Waals surface area contributed by atoms with Crippen molar-refractivity contribution in [2.45, 2.75) is 4.84 Å². The predicted octanol–water partition coefficient (Wildman–Crippen LogP) is 2.66. The lowest BCUT2D eigenvalue weighted by Gasteiger charge is -1.90. The molecule has 4 nitrogen and oxygen atoms in total. The molecule has 6 heteroatoms. The number of hydrogen-bond acceptors (Lipinski definition) is 3. The first kappa shape index (κ1) is 8.36. The summed E-state index contributed by atoms with van der Waals surface area (Å²) in [5.74, 6) is -0.175. The van der Waals surface area contributed by atoms with Crippen molar-refractivity contribution in [3.63, 3.8) is 0 Å². The summed E-state index contributed by atoms with van der Waals surface area (Å²) in [7, 11) is 0. The molecule has 0 aliphatic rings. The highest BCUT2D eigenvalue weighted by molar-refractivity contribution is 6.43. The topological polar surface area (TPSA) is 56.3 Å². The second-order valence-electron chi connectivity index (χ2n) is 1.73. The minimum atomic E-state index is -0.858. The molecule has 0 unspecified atom stereocenters. The zero-order valence-corrected chi connectivity index (χ0v) is 6.67. The quantitative estimate of drug-likeness (QED) is 0.415. The summed E-state index contributed by atoms with van der Waals surface area (Å²) in [4.78, 5) is 8.55. The SMILES string of the molecule is O=[N+]([O-])c1ccc(C(Cl)Cl)o1. The number of halogens is 2. The van der Waals surface area contributed by atoms with Crippen LogP contribution in [0.3, 0.4) is 0 Å². The van der Waals surface area contributed by atoms with E-state index in [2.05, 4.69) is 4.42 Å². The van der Waals surface area contributed by atoms with Gasteiger partial charge in [-0.3, -0.25) is 10.1 Å². The summed E-state index contributed by atoms with van der Waals surface area (Å²) in [6, 6.07) is 2.57. The molecule has 60 valence electrons. The van der Waals surface area contributed by atoms with E-state index in [1.807, 2.05) is 0 Å². The van der Waals surface area contributed by atoms with Crippen LogP contribution >= 0.6 is 23.2 Å². The molecule has 1 rings (SSSR count). The van der Waals surface area contributed by atoms with Gasteiger partial charge in [0.15, 0.2) is 4.84 Å². The lowest BCUT2D eigenvalue weighted by Crippen LogP contribution is -1.83. The van der Waals surface area contributed by atoms with Gasteiger partial charge < -0.3 is 4.42 Å². The molecule has 11 heavy (non-hydrogen) atoms. The number of alkyl halides is 2. The van der Waals surface area contributed by atoms with Gasteiger partial charge in [-0.15, -0.1) is 0 Å². The van der Waals surface area contributed by atoms with Crippen LogP contribution in [-0.2, 0) is 0 Å². The molecule has 0 saturated heterocycles. The first-order valence-electron chi connectivity index (χ1n) is 2.63. The normalized spacial score (nSPS) is 10.5. The van der Waals surface area contributed by atoms with E-state index in [1.54, 1.807) is 0 Å². The fraction of sp³-hybridized carbons (Fsp3) is 0.200. The van der Waals surface area contributed by atoms with Crippen molar-refractivity contribution in [3.8, 4) is 0 Å². The second-order valence-corrected chi connectivity index (χ2v) is 2.83. The van der Waals surface area contributed by atoms with Crippen LogP contribution in [0, 0.1) is 10.1 Å². The third-order valence-electron chi connectivity index (χ3n) is 1.01. The highest BCUT2D eigenvalue weighted by Gasteiger charge is 2.15. The van der Waals surface area contributed by atoms with Crippen molar-refractivity contribution in [1.82, 2.24) is 0 Å². The lowest BCUT2D eigenvalue weighted by atomic mass is 10.5. The molecule has 0 amide bonds. The Morgan fingerprint density at radius 3 is 2.45 bits per heavy atom. The Balaban J connectivity index is 2.90. The standard InChI is InChI=1S/C5H3Cl2NO3/c6-5(7)3-1-2-4(11-3)8(9)10/h1-2,5H. The fourth-order valence-electron chi connectivity index (χ4n) is 0.558. The highest BCUT2D eigenvalue weighted by Crippen LogP contribution is 2.28. The van der Waals surface area contributed by atoms with Crippen LogP contribution < -0.4 is 0 Å². The van der Waals surface area contributed by atoms with Gasteiger partial charge in [0, 0.05) is 0 Å². The Kier molecular flexibility index (Phi) is 2.36. The van der Waals surface area contributed by atoms with Crippen molar-refractivity contribution in [2.75, 3.05) is 0 Å². The Hall–Kier alpha value is -0.740. The van der Waals surface area contributed by atoms with E-state index >= 15 is 0 Å². The minimum absolute atomic E-state index is 0.181. The van der Waals surface area contributed by atoms with Gasteiger partial charge in [-0.05, 0) is 6.07 Å². The molecule has 0 N–H and O–H groups in total. The van der Waals surface area contributed by atoms with E-state index in [0.29, 0.717) is 0 Å². The molecule has 1 aromatic rings. The number of rotatable bonds is 2. The van der Waals surface area contributed by atoms with E-state index in [4.69, 9.17) is 23.2 Å². The molecule has 0 saturated carbocycles. The molecule has 0 aliphatic heterocycles. The molecule has 0 atom stereocenters. The van der Waals surface area contributed by atoms with Crippen LogP contribution in [-0.4, -0.2) is 4.92 Å². The summed E-state index contributed by atoms with van der Waals surface area (Å²) < 4.78 is 4.64. The molecular formula is C5H3Cl2NO3. The van der Waals surface area contributed by atoms with Crippen LogP contribution in [0.2, 0.25) is 0 Å². The average molecular weight is 196 g/mol. The van der Waals surface area contributed by atoms with Crippen LogP contribution in [0.4, 0.5) is 5.88 Å². The van der Waals surface area contributed by atoms with Crippen molar-refractivity contribution in [1.29, 1.82) is 0 Å². The number of nitrogens with zero attached hydrogens (tertiary/aromatic N) is 1. The zero-order valence-electron chi connectivity index (χ0n) is 5.16. The maximum absolute atomic E-state index is 10.1. The van der Waals surface area contributed by atoms with Crippen molar-refractivity contribution >= 4 is 29.1 Å². The van der Waals surface area contributed by atoms with E-state index in [0.717, 1.165) is 0 Å². The van der Waals surface area contributed by atoms with Crippen molar-refractivity contribution in [2.24, 2.45) is 0 Å². The molecule has 0 bridgehead atoms. The van der Waals surface area contributed by atoms with Crippen molar-refractivity contribution < 1.29 is 9.34 Å². The summed E-state index contributed by atoms with van der Waals surface area (Å²) in [5.41, 5.74) is 0. The van der Waals surface area contributed by atoms with Gasteiger partial charge in [0.25, 0.3) is 0 Å².